The Morgan fingerprint density at radius 2 is 1.67 bits per heavy atom. The Morgan fingerprint density at radius 1 is 1.03 bits per heavy atom. The number of hydrogen-bond acceptors (Lipinski definition) is 4. The van der Waals surface area contributed by atoms with Gasteiger partial charge in [-0.3, -0.25) is 4.90 Å². The number of rotatable bonds is 7. The Balaban J connectivity index is 1.57. The Bertz CT molecular complexity index is 935. The maximum atomic E-state index is 13.5. The van der Waals surface area contributed by atoms with E-state index in [2.05, 4.69) is 49.3 Å². The fraction of sp³-hybridized carbons (Fsp3) is 0.519. The van der Waals surface area contributed by atoms with E-state index >= 15 is 0 Å². The summed E-state index contributed by atoms with van der Waals surface area (Å²) in [6, 6.07) is 18.7. The molecule has 1 saturated carbocycles. The molecule has 2 aromatic rings. The number of hydrogen-bond donors (Lipinski definition) is 1. The Kier molecular flexibility index (Phi) is 6.68. The summed E-state index contributed by atoms with van der Waals surface area (Å²) in [6.45, 7) is 3.41. The molecule has 178 valence electrons. The summed E-state index contributed by atoms with van der Waals surface area (Å²) >= 11 is 0. The monoisotopic (exact) mass is 451 g/mol. The number of methoxy groups -OCH3 is 1. The molecular weight excluding hydrogens is 414 g/mol. The summed E-state index contributed by atoms with van der Waals surface area (Å²) in [5.74, 6) is 0.812. The summed E-state index contributed by atoms with van der Waals surface area (Å²) in [5.41, 5.74) is 2.15. The lowest BCUT2D eigenvalue weighted by molar-refractivity contribution is 0.0119. The van der Waals surface area contributed by atoms with Crippen LogP contribution in [0.25, 0.3) is 0 Å². The highest BCUT2D eigenvalue weighted by Crippen LogP contribution is 2.49. The van der Waals surface area contributed by atoms with Crippen LogP contribution in [-0.4, -0.2) is 71.8 Å². The van der Waals surface area contributed by atoms with Crippen LogP contribution in [0.2, 0.25) is 0 Å². The van der Waals surface area contributed by atoms with Gasteiger partial charge in [-0.25, -0.2) is 4.79 Å². The highest BCUT2D eigenvalue weighted by molar-refractivity contribution is 5.78. The van der Waals surface area contributed by atoms with E-state index in [1.54, 1.807) is 14.0 Å². The fourth-order valence-electron chi connectivity index (χ4n) is 5.79. The summed E-state index contributed by atoms with van der Waals surface area (Å²) in [7, 11) is 5.98. The van der Waals surface area contributed by atoms with E-state index in [0.29, 0.717) is 19.6 Å². The van der Waals surface area contributed by atoms with Crippen molar-refractivity contribution in [3.05, 3.63) is 65.7 Å². The molecule has 6 heteroatoms. The second-order valence-corrected chi connectivity index (χ2v) is 9.96. The zero-order valence-electron chi connectivity index (χ0n) is 20.3. The van der Waals surface area contributed by atoms with E-state index in [0.717, 1.165) is 37.0 Å². The van der Waals surface area contributed by atoms with Gasteiger partial charge in [0.25, 0.3) is 0 Å². The first-order chi connectivity index (χ1) is 15.8. The van der Waals surface area contributed by atoms with Gasteiger partial charge < -0.3 is 19.6 Å². The van der Waals surface area contributed by atoms with Crippen LogP contribution >= 0.6 is 0 Å². The molecule has 4 rings (SSSR count). The van der Waals surface area contributed by atoms with Gasteiger partial charge in [0.05, 0.1) is 18.8 Å². The van der Waals surface area contributed by atoms with Gasteiger partial charge in [-0.1, -0.05) is 42.5 Å². The van der Waals surface area contributed by atoms with Crippen LogP contribution in [0, 0.1) is 0 Å². The van der Waals surface area contributed by atoms with Gasteiger partial charge in [-0.15, -0.1) is 0 Å². The number of β-amino-alcohol motifs (C(OH)–C–C–N with tert-alkyl or cyclic N) is 1. The quantitative estimate of drug-likeness (QED) is 0.689. The zero-order valence-corrected chi connectivity index (χ0v) is 20.3. The first kappa shape index (κ1) is 23.6. The van der Waals surface area contributed by atoms with Crippen molar-refractivity contribution in [3.63, 3.8) is 0 Å². The fourth-order valence-corrected chi connectivity index (χ4v) is 5.79. The minimum atomic E-state index is -0.554. The number of carbonyl (C=O) groups excluding carboxylic acids is 1. The lowest BCUT2D eigenvalue weighted by Gasteiger charge is -2.51. The second kappa shape index (κ2) is 9.35. The maximum absolute atomic E-state index is 13.5. The Hall–Kier alpha value is -2.57. The first-order valence-corrected chi connectivity index (χ1v) is 11.9. The second-order valence-electron chi connectivity index (χ2n) is 9.96. The SMILES string of the molecule is COc1ccc(CN2CC3(CCC(c4ccccc4)(N(C)C)CC3)N(C[C@H](C)O)C2=O)cc1. The number of nitrogens with zero attached hydrogens (tertiary/aromatic N) is 3. The van der Waals surface area contributed by atoms with Gasteiger partial charge in [0.15, 0.2) is 0 Å². The van der Waals surface area contributed by atoms with E-state index in [4.69, 9.17) is 4.74 Å². The molecule has 1 heterocycles. The minimum Gasteiger partial charge on any atom is -0.497 e. The molecule has 1 saturated heterocycles. The van der Waals surface area contributed by atoms with Crippen molar-refractivity contribution in [2.45, 2.75) is 56.3 Å². The normalized spacial score (nSPS) is 26.3. The van der Waals surface area contributed by atoms with E-state index in [1.807, 2.05) is 34.1 Å². The summed E-state index contributed by atoms with van der Waals surface area (Å²) in [4.78, 5) is 19.8. The van der Waals surface area contributed by atoms with Crippen molar-refractivity contribution in [2.75, 3.05) is 34.3 Å². The third kappa shape index (κ3) is 4.46. The van der Waals surface area contributed by atoms with Gasteiger partial charge in [0, 0.05) is 25.2 Å². The predicted octanol–water partition coefficient (Wildman–Crippen LogP) is 4.08. The molecule has 0 radical (unpaired) electrons. The van der Waals surface area contributed by atoms with Crippen LogP contribution in [0.5, 0.6) is 5.75 Å². The van der Waals surface area contributed by atoms with Gasteiger partial charge in [0.2, 0.25) is 0 Å². The minimum absolute atomic E-state index is 0.0313. The average Bonchev–Trinajstić information content (AvgIpc) is 3.05. The van der Waals surface area contributed by atoms with Crippen LogP contribution in [0.4, 0.5) is 4.79 Å². The molecule has 1 spiro atoms. The number of urea groups is 1. The predicted molar refractivity (Wildman–Crippen MR) is 130 cm³/mol. The lowest BCUT2D eigenvalue weighted by Crippen LogP contribution is -2.56. The van der Waals surface area contributed by atoms with E-state index < -0.39 is 6.10 Å². The standard InChI is InChI=1S/C27H37N3O3/c1-21(31)18-30-25(32)29(19-22-10-12-24(33-4)13-11-22)20-26(30)14-16-27(17-15-26,28(2)3)23-8-6-5-7-9-23/h5-13,21,31H,14-20H2,1-4H3/t21-,26?,27?/m0/s1. The van der Waals surface area contributed by atoms with Crippen LogP contribution in [-0.2, 0) is 12.1 Å². The molecule has 2 aliphatic rings. The Morgan fingerprint density at radius 3 is 2.21 bits per heavy atom. The van der Waals surface area contributed by atoms with Gasteiger partial charge in [-0.2, -0.15) is 0 Å². The van der Waals surface area contributed by atoms with Crippen LogP contribution < -0.4 is 4.74 Å². The molecule has 1 N–H and O–H groups in total. The number of amides is 2. The summed E-state index contributed by atoms with van der Waals surface area (Å²) in [6.07, 6.45) is 3.23. The molecule has 0 bridgehead atoms. The van der Waals surface area contributed by atoms with Gasteiger partial charge >= 0.3 is 6.03 Å². The van der Waals surface area contributed by atoms with Gasteiger partial charge in [0.1, 0.15) is 5.75 Å². The van der Waals surface area contributed by atoms with Crippen molar-refractivity contribution < 1.29 is 14.6 Å². The molecule has 6 nitrogen and oxygen atoms in total. The molecule has 2 amide bonds. The molecule has 0 unspecified atom stereocenters. The topological polar surface area (TPSA) is 56.3 Å². The Labute approximate surface area is 197 Å². The smallest absolute Gasteiger partial charge is 0.321 e. The molecule has 1 aliphatic carbocycles. The highest BCUT2D eigenvalue weighted by Gasteiger charge is 2.54. The molecule has 0 aromatic heterocycles. The van der Waals surface area contributed by atoms with Crippen molar-refractivity contribution in [1.29, 1.82) is 0 Å². The number of benzene rings is 2. The summed E-state index contributed by atoms with van der Waals surface area (Å²) < 4.78 is 5.27. The average molecular weight is 452 g/mol. The number of carbonyl (C=O) groups is 1. The summed E-state index contributed by atoms with van der Waals surface area (Å²) in [5, 5.41) is 10.2. The molecule has 1 atom stereocenters. The lowest BCUT2D eigenvalue weighted by atomic mass is 9.68. The van der Waals surface area contributed by atoms with Crippen molar-refractivity contribution in [2.24, 2.45) is 0 Å². The molecule has 1 aliphatic heterocycles. The molecular formula is C27H37N3O3. The third-order valence-electron chi connectivity index (χ3n) is 7.71. The van der Waals surface area contributed by atoms with Crippen LogP contribution in [0.15, 0.2) is 54.6 Å². The van der Waals surface area contributed by atoms with Crippen molar-refractivity contribution in [1.82, 2.24) is 14.7 Å². The van der Waals surface area contributed by atoms with Crippen molar-refractivity contribution in [3.8, 4) is 5.75 Å². The van der Waals surface area contributed by atoms with E-state index in [9.17, 15) is 9.90 Å². The number of aliphatic hydroxyl groups excluding tert-OH is 1. The maximum Gasteiger partial charge on any atom is 0.321 e. The first-order valence-electron chi connectivity index (χ1n) is 11.9. The van der Waals surface area contributed by atoms with Crippen molar-refractivity contribution >= 4 is 6.03 Å². The zero-order chi connectivity index (χ0) is 23.6. The van der Waals surface area contributed by atoms with E-state index in [1.165, 1.54) is 5.56 Å². The third-order valence-corrected chi connectivity index (χ3v) is 7.71. The molecule has 2 aromatic carbocycles. The number of ether oxygens (including phenoxy) is 1. The number of aliphatic hydroxyl groups is 1. The van der Waals surface area contributed by atoms with E-state index in [-0.39, 0.29) is 17.1 Å². The molecule has 33 heavy (non-hydrogen) atoms. The van der Waals surface area contributed by atoms with Crippen LogP contribution in [0.1, 0.15) is 43.7 Å². The van der Waals surface area contributed by atoms with Crippen LogP contribution in [0.3, 0.4) is 0 Å². The highest BCUT2D eigenvalue weighted by atomic mass is 16.5. The van der Waals surface area contributed by atoms with Gasteiger partial charge in [-0.05, 0) is 70.0 Å². The largest absolute Gasteiger partial charge is 0.497 e. The molecule has 2 fully saturated rings.